The highest BCUT2D eigenvalue weighted by Crippen LogP contribution is 2.47. The Hall–Kier alpha value is -2.36. The van der Waals surface area contributed by atoms with Gasteiger partial charge in [0.25, 0.3) is 0 Å². The number of allylic oxidation sites excluding steroid dienone is 3. The number of Topliss-reactive ketones (excluding diaryl/α,β-unsaturated/α-hetero) is 1. The second-order valence-electron chi connectivity index (χ2n) is 6.95. The van der Waals surface area contributed by atoms with Crippen molar-refractivity contribution >= 4 is 38.7 Å². The summed E-state index contributed by atoms with van der Waals surface area (Å²) in [7, 11) is 0. The predicted molar refractivity (Wildman–Crippen MR) is 116 cm³/mol. The van der Waals surface area contributed by atoms with Gasteiger partial charge in [0.2, 0.25) is 0 Å². The summed E-state index contributed by atoms with van der Waals surface area (Å²) < 4.78 is 0.925. The van der Waals surface area contributed by atoms with E-state index >= 15 is 0 Å². The number of rotatable bonds is 3. The standard InChI is InChI=1S/C22H20BrN3OS/c1-2-15-9-10-19(28-15)20-16(12-24)22(25)26(14-6-3-5-13(23)11-14)17-7-4-8-18(27)21(17)20/h3,5-6,9-11,20H,2,4,7-8,25H2,1H3. The lowest BCUT2D eigenvalue weighted by atomic mass is 9.78. The van der Waals surface area contributed by atoms with E-state index in [0.29, 0.717) is 17.8 Å². The van der Waals surface area contributed by atoms with Crippen LogP contribution in [-0.4, -0.2) is 5.78 Å². The SMILES string of the molecule is CCc1ccc(C2C(C#N)=C(N)N(c3cccc(Br)c3)C3=C2C(=O)CCC3)s1. The van der Waals surface area contributed by atoms with Crippen molar-refractivity contribution in [1.82, 2.24) is 0 Å². The van der Waals surface area contributed by atoms with Crippen LogP contribution in [-0.2, 0) is 11.2 Å². The largest absolute Gasteiger partial charge is 0.384 e. The van der Waals surface area contributed by atoms with Crippen molar-refractivity contribution in [3.63, 3.8) is 0 Å². The molecular weight excluding hydrogens is 434 g/mol. The van der Waals surface area contributed by atoms with Gasteiger partial charge in [0.1, 0.15) is 5.82 Å². The van der Waals surface area contributed by atoms with Crippen molar-refractivity contribution in [2.24, 2.45) is 5.73 Å². The van der Waals surface area contributed by atoms with Crippen molar-refractivity contribution in [1.29, 1.82) is 5.26 Å². The molecule has 2 aliphatic rings. The molecule has 0 bridgehead atoms. The molecule has 2 N–H and O–H groups in total. The van der Waals surface area contributed by atoms with E-state index in [4.69, 9.17) is 5.73 Å². The maximum absolute atomic E-state index is 13.0. The maximum atomic E-state index is 13.0. The smallest absolute Gasteiger partial charge is 0.161 e. The lowest BCUT2D eigenvalue weighted by Gasteiger charge is -2.39. The van der Waals surface area contributed by atoms with Crippen molar-refractivity contribution in [2.75, 3.05) is 4.90 Å². The molecule has 0 saturated carbocycles. The fourth-order valence-corrected chi connectivity index (χ4v) is 5.48. The molecule has 1 aliphatic heterocycles. The molecule has 0 spiro atoms. The van der Waals surface area contributed by atoms with Crippen LogP contribution in [0.2, 0.25) is 0 Å². The summed E-state index contributed by atoms with van der Waals surface area (Å²) in [6.45, 7) is 2.11. The average molecular weight is 454 g/mol. The molecule has 1 aromatic carbocycles. The molecule has 0 fully saturated rings. The lowest BCUT2D eigenvalue weighted by Crippen LogP contribution is -2.38. The summed E-state index contributed by atoms with van der Waals surface area (Å²) in [6.07, 6.45) is 3.03. The number of carbonyl (C=O) groups excluding carboxylic acids is 1. The highest BCUT2D eigenvalue weighted by molar-refractivity contribution is 9.10. The van der Waals surface area contributed by atoms with Crippen LogP contribution in [0.15, 0.2) is 63.5 Å². The zero-order chi connectivity index (χ0) is 19.8. The van der Waals surface area contributed by atoms with Gasteiger partial charge in [0.15, 0.2) is 5.78 Å². The quantitative estimate of drug-likeness (QED) is 0.676. The fourth-order valence-electron chi connectivity index (χ4n) is 4.02. The van der Waals surface area contributed by atoms with Gasteiger partial charge in [-0.05, 0) is 49.6 Å². The number of hydrogen-bond donors (Lipinski definition) is 1. The molecule has 2 heterocycles. The highest BCUT2D eigenvalue weighted by Gasteiger charge is 2.40. The van der Waals surface area contributed by atoms with Gasteiger partial charge in [-0.2, -0.15) is 5.26 Å². The lowest BCUT2D eigenvalue weighted by molar-refractivity contribution is -0.116. The molecule has 2 aromatic rings. The summed E-state index contributed by atoms with van der Waals surface area (Å²) in [5.74, 6) is 0.185. The topological polar surface area (TPSA) is 70.1 Å². The number of nitrogens with two attached hydrogens (primary N) is 1. The summed E-state index contributed by atoms with van der Waals surface area (Å²) >= 11 is 5.17. The first-order chi connectivity index (χ1) is 13.5. The second-order valence-corrected chi connectivity index (χ2v) is 9.07. The van der Waals surface area contributed by atoms with Gasteiger partial charge < -0.3 is 5.73 Å². The molecule has 1 atom stereocenters. The Morgan fingerprint density at radius 1 is 1.32 bits per heavy atom. The Balaban J connectivity index is 1.95. The van der Waals surface area contributed by atoms with E-state index in [1.54, 1.807) is 11.3 Å². The van der Waals surface area contributed by atoms with E-state index < -0.39 is 0 Å². The van der Waals surface area contributed by atoms with Gasteiger partial charge in [0.05, 0.1) is 17.6 Å². The first-order valence-electron chi connectivity index (χ1n) is 9.35. The molecule has 6 heteroatoms. The number of carbonyl (C=O) groups is 1. The number of aryl methyl sites for hydroxylation is 1. The van der Waals surface area contributed by atoms with Crippen molar-refractivity contribution in [3.8, 4) is 6.07 Å². The highest BCUT2D eigenvalue weighted by atomic mass is 79.9. The number of halogens is 1. The summed E-state index contributed by atoms with van der Waals surface area (Å²) in [5, 5.41) is 10.00. The number of nitrogens with zero attached hydrogens (tertiary/aromatic N) is 2. The Labute approximate surface area is 177 Å². The van der Waals surface area contributed by atoms with Crippen molar-refractivity contribution < 1.29 is 4.79 Å². The number of hydrogen-bond acceptors (Lipinski definition) is 5. The summed E-state index contributed by atoms with van der Waals surface area (Å²) in [5.41, 5.74) is 9.55. The van der Waals surface area contributed by atoms with Gasteiger partial charge in [-0.15, -0.1) is 11.3 Å². The van der Waals surface area contributed by atoms with Gasteiger partial charge in [-0.3, -0.25) is 9.69 Å². The van der Waals surface area contributed by atoms with E-state index in [2.05, 4.69) is 35.0 Å². The maximum Gasteiger partial charge on any atom is 0.161 e. The van der Waals surface area contributed by atoms with E-state index in [1.807, 2.05) is 35.2 Å². The van der Waals surface area contributed by atoms with Crippen LogP contribution < -0.4 is 10.6 Å². The van der Waals surface area contributed by atoms with Crippen LogP contribution in [0.5, 0.6) is 0 Å². The Morgan fingerprint density at radius 3 is 2.82 bits per heavy atom. The van der Waals surface area contributed by atoms with Gasteiger partial charge in [-0.25, -0.2) is 0 Å². The Morgan fingerprint density at radius 2 is 2.14 bits per heavy atom. The Bertz CT molecular complexity index is 1060. The number of ketones is 1. The van der Waals surface area contributed by atoms with Crippen LogP contribution >= 0.6 is 27.3 Å². The van der Waals surface area contributed by atoms with Crippen molar-refractivity contribution in [3.05, 3.63) is 73.3 Å². The van der Waals surface area contributed by atoms with E-state index in [0.717, 1.165) is 45.6 Å². The van der Waals surface area contributed by atoms with E-state index in [-0.39, 0.29) is 11.7 Å². The summed E-state index contributed by atoms with van der Waals surface area (Å²) in [6, 6.07) is 14.2. The fraction of sp³-hybridized carbons (Fsp3) is 0.273. The molecule has 4 rings (SSSR count). The minimum atomic E-state index is -0.360. The molecule has 1 aromatic heterocycles. The van der Waals surface area contributed by atoms with E-state index in [9.17, 15) is 10.1 Å². The van der Waals surface area contributed by atoms with Crippen LogP contribution in [0.4, 0.5) is 5.69 Å². The molecule has 1 unspecified atom stereocenters. The third-order valence-electron chi connectivity index (χ3n) is 5.30. The molecule has 142 valence electrons. The molecule has 4 nitrogen and oxygen atoms in total. The third kappa shape index (κ3) is 3.09. The Kier molecular flexibility index (Phi) is 5.13. The average Bonchev–Trinajstić information content (AvgIpc) is 3.16. The molecule has 28 heavy (non-hydrogen) atoms. The van der Waals surface area contributed by atoms with Gasteiger partial charge >= 0.3 is 0 Å². The minimum absolute atomic E-state index is 0.123. The van der Waals surface area contributed by atoms with E-state index in [1.165, 1.54) is 4.88 Å². The monoisotopic (exact) mass is 453 g/mol. The van der Waals surface area contributed by atoms with Crippen LogP contribution in [0.25, 0.3) is 0 Å². The number of benzene rings is 1. The molecule has 1 aliphatic carbocycles. The van der Waals surface area contributed by atoms with Crippen molar-refractivity contribution in [2.45, 2.75) is 38.5 Å². The molecule has 0 saturated heterocycles. The normalized spacial score (nSPS) is 19.7. The molecule has 0 radical (unpaired) electrons. The number of thiophene rings is 1. The van der Waals surface area contributed by atoms with Gasteiger partial charge in [0, 0.05) is 37.6 Å². The number of anilines is 1. The number of nitriles is 1. The zero-order valence-electron chi connectivity index (χ0n) is 15.5. The van der Waals surface area contributed by atoms with Crippen LogP contribution in [0, 0.1) is 11.3 Å². The first-order valence-corrected chi connectivity index (χ1v) is 11.0. The zero-order valence-corrected chi connectivity index (χ0v) is 17.9. The first kappa shape index (κ1) is 19.0. The third-order valence-corrected chi connectivity index (χ3v) is 7.08. The molecular formula is C22H20BrN3OS. The predicted octanol–water partition coefficient (Wildman–Crippen LogP) is 5.38. The van der Waals surface area contributed by atoms with Crippen LogP contribution in [0.1, 0.15) is 41.9 Å². The summed E-state index contributed by atoms with van der Waals surface area (Å²) in [4.78, 5) is 17.2. The molecule has 0 amide bonds. The van der Waals surface area contributed by atoms with Gasteiger partial charge in [-0.1, -0.05) is 28.9 Å². The second kappa shape index (κ2) is 7.57. The van der Waals surface area contributed by atoms with Crippen LogP contribution in [0.3, 0.4) is 0 Å². The minimum Gasteiger partial charge on any atom is -0.384 e.